The van der Waals surface area contributed by atoms with Crippen molar-refractivity contribution in [2.45, 2.75) is 25.9 Å². The second-order valence-electron chi connectivity index (χ2n) is 3.69. The summed E-state index contributed by atoms with van der Waals surface area (Å²) >= 11 is 0. The van der Waals surface area contributed by atoms with Gasteiger partial charge in [-0.25, -0.2) is 0 Å². The summed E-state index contributed by atoms with van der Waals surface area (Å²) in [5, 5.41) is 3.25. The Morgan fingerprint density at radius 2 is 2.10 bits per heavy atom. The summed E-state index contributed by atoms with van der Waals surface area (Å²) in [6.45, 7) is 6.64. The maximum absolute atomic E-state index is 5.32. The van der Waals surface area contributed by atoms with Crippen LogP contribution >= 0.6 is 0 Å². The summed E-state index contributed by atoms with van der Waals surface area (Å²) in [4.78, 5) is 0. The predicted molar refractivity (Wildman–Crippen MR) is 42.1 cm³/mol. The van der Waals surface area contributed by atoms with Gasteiger partial charge in [0, 0.05) is 7.11 Å². The van der Waals surface area contributed by atoms with Crippen molar-refractivity contribution in [3.05, 3.63) is 0 Å². The van der Waals surface area contributed by atoms with Gasteiger partial charge in [-0.05, 0) is 39.3 Å². The van der Waals surface area contributed by atoms with E-state index in [0.717, 1.165) is 5.92 Å². The van der Waals surface area contributed by atoms with Crippen LogP contribution in [0.25, 0.3) is 0 Å². The smallest absolute Gasteiger partial charge is 0.0626 e. The molecule has 2 nitrogen and oxygen atoms in total. The lowest BCUT2D eigenvalue weighted by atomic mass is 9.89. The molecule has 1 aliphatic rings. The largest absolute Gasteiger partial charge is 0.379 e. The standard InChI is InChI=1S/C8H17NO/c1-8(2,10-3)4-7-5-9-6-7/h7,9H,4-6H2,1-3H3. The molecule has 0 radical (unpaired) electrons. The highest BCUT2D eigenvalue weighted by atomic mass is 16.5. The van der Waals surface area contributed by atoms with Gasteiger partial charge in [0.2, 0.25) is 0 Å². The van der Waals surface area contributed by atoms with Crippen LogP contribution in [0.2, 0.25) is 0 Å². The molecule has 10 heavy (non-hydrogen) atoms. The van der Waals surface area contributed by atoms with Crippen molar-refractivity contribution in [3.63, 3.8) is 0 Å². The van der Waals surface area contributed by atoms with Gasteiger partial charge in [0.1, 0.15) is 0 Å². The number of hydrogen-bond acceptors (Lipinski definition) is 2. The Labute approximate surface area is 63.0 Å². The topological polar surface area (TPSA) is 21.3 Å². The summed E-state index contributed by atoms with van der Waals surface area (Å²) in [6.07, 6.45) is 1.18. The minimum Gasteiger partial charge on any atom is -0.379 e. The van der Waals surface area contributed by atoms with Crippen LogP contribution in [0.5, 0.6) is 0 Å². The van der Waals surface area contributed by atoms with Crippen molar-refractivity contribution in [3.8, 4) is 0 Å². The molecular weight excluding hydrogens is 126 g/mol. The Morgan fingerprint density at radius 1 is 1.50 bits per heavy atom. The molecule has 0 aliphatic carbocycles. The summed E-state index contributed by atoms with van der Waals surface area (Å²) in [6, 6.07) is 0. The molecule has 0 aromatic heterocycles. The number of nitrogens with one attached hydrogen (secondary N) is 1. The Hall–Kier alpha value is -0.0800. The molecule has 2 heteroatoms. The van der Waals surface area contributed by atoms with E-state index in [-0.39, 0.29) is 5.60 Å². The first kappa shape index (κ1) is 8.02. The maximum Gasteiger partial charge on any atom is 0.0626 e. The van der Waals surface area contributed by atoms with Crippen molar-refractivity contribution in [2.24, 2.45) is 5.92 Å². The molecule has 0 bridgehead atoms. The van der Waals surface area contributed by atoms with Crippen LogP contribution in [0.15, 0.2) is 0 Å². The third-order valence-corrected chi connectivity index (χ3v) is 2.20. The SMILES string of the molecule is COC(C)(C)CC1CNC1. The van der Waals surface area contributed by atoms with Crippen LogP contribution in [0.1, 0.15) is 20.3 Å². The molecule has 0 saturated carbocycles. The fourth-order valence-electron chi connectivity index (χ4n) is 1.27. The molecule has 0 spiro atoms. The third kappa shape index (κ3) is 1.96. The molecule has 1 fully saturated rings. The molecule has 1 saturated heterocycles. The van der Waals surface area contributed by atoms with E-state index in [9.17, 15) is 0 Å². The third-order valence-electron chi connectivity index (χ3n) is 2.20. The minimum atomic E-state index is 0.0762. The first-order chi connectivity index (χ1) is 4.64. The lowest BCUT2D eigenvalue weighted by Crippen LogP contribution is -2.45. The minimum absolute atomic E-state index is 0.0762. The van der Waals surface area contributed by atoms with Crippen molar-refractivity contribution >= 4 is 0 Å². The number of rotatable bonds is 3. The quantitative estimate of drug-likeness (QED) is 0.637. The Bertz CT molecular complexity index is 108. The Kier molecular flexibility index (Phi) is 2.32. The molecule has 0 amide bonds. The van der Waals surface area contributed by atoms with E-state index in [0.29, 0.717) is 0 Å². The second-order valence-corrected chi connectivity index (χ2v) is 3.69. The second kappa shape index (κ2) is 2.89. The highest BCUT2D eigenvalue weighted by Gasteiger charge is 2.26. The molecule has 0 aromatic rings. The van der Waals surface area contributed by atoms with Gasteiger partial charge in [-0.15, -0.1) is 0 Å². The Morgan fingerprint density at radius 3 is 2.40 bits per heavy atom. The lowest BCUT2D eigenvalue weighted by Gasteiger charge is -2.34. The van der Waals surface area contributed by atoms with Crippen molar-refractivity contribution in [1.82, 2.24) is 5.32 Å². The average Bonchev–Trinajstić information content (AvgIpc) is 1.80. The van der Waals surface area contributed by atoms with E-state index in [2.05, 4.69) is 19.2 Å². The molecule has 60 valence electrons. The first-order valence-corrected chi connectivity index (χ1v) is 3.90. The average molecular weight is 143 g/mol. The van der Waals surface area contributed by atoms with E-state index >= 15 is 0 Å². The molecular formula is C8H17NO. The highest BCUT2D eigenvalue weighted by molar-refractivity contribution is 4.81. The zero-order valence-corrected chi connectivity index (χ0v) is 7.11. The van der Waals surface area contributed by atoms with E-state index in [1.54, 1.807) is 7.11 Å². The monoisotopic (exact) mass is 143 g/mol. The van der Waals surface area contributed by atoms with Crippen molar-refractivity contribution in [1.29, 1.82) is 0 Å². The van der Waals surface area contributed by atoms with Crippen molar-refractivity contribution < 1.29 is 4.74 Å². The molecule has 0 atom stereocenters. The van der Waals surface area contributed by atoms with Gasteiger partial charge in [-0.3, -0.25) is 0 Å². The highest BCUT2D eigenvalue weighted by Crippen LogP contribution is 2.21. The number of hydrogen-bond donors (Lipinski definition) is 1. The van der Waals surface area contributed by atoms with Crippen LogP contribution < -0.4 is 5.32 Å². The zero-order chi connectivity index (χ0) is 7.61. The zero-order valence-electron chi connectivity index (χ0n) is 7.11. The van der Waals surface area contributed by atoms with Crippen molar-refractivity contribution in [2.75, 3.05) is 20.2 Å². The fraction of sp³-hybridized carbons (Fsp3) is 1.00. The van der Waals surface area contributed by atoms with Crippen LogP contribution in [-0.4, -0.2) is 25.8 Å². The van der Waals surface area contributed by atoms with Gasteiger partial charge in [0.15, 0.2) is 0 Å². The predicted octanol–water partition coefficient (Wildman–Crippen LogP) is 1.02. The van der Waals surface area contributed by atoms with E-state index in [1.807, 2.05) is 0 Å². The van der Waals surface area contributed by atoms with E-state index in [4.69, 9.17) is 4.74 Å². The van der Waals surface area contributed by atoms with Crippen LogP contribution in [0.4, 0.5) is 0 Å². The lowest BCUT2D eigenvalue weighted by molar-refractivity contribution is -0.00425. The molecule has 1 heterocycles. The van der Waals surface area contributed by atoms with E-state index in [1.165, 1.54) is 19.5 Å². The molecule has 1 aliphatic heterocycles. The molecule has 1 N–H and O–H groups in total. The van der Waals surface area contributed by atoms with Gasteiger partial charge in [0.25, 0.3) is 0 Å². The Balaban J connectivity index is 2.21. The van der Waals surface area contributed by atoms with Gasteiger partial charge >= 0.3 is 0 Å². The first-order valence-electron chi connectivity index (χ1n) is 3.90. The molecule has 1 rings (SSSR count). The summed E-state index contributed by atoms with van der Waals surface area (Å²) in [5.74, 6) is 0.843. The van der Waals surface area contributed by atoms with Gasteiger partial charge in [-0.2, -0.15) is 0 Å². The number of ether oxygens (including phenoxy) is 1. The molecule has 0 unspecified atom stereocenters. The summed E-state index contributed by atoms with van der Waals surface area (Å²) in [7, 11) is 1.78. The molecule has 0 aromatic carbocycles. The normalized spacial score (nSPS) is 20.7. The van der Waals surface area contributed by atoms with Gasteiger partial charge < -0.3 is 10.1 Å². The fourth-order valence-corrected chi connectivity index (χ4v) is 1.27. The summed E-state index contributed by atoms with van der Waals surface area (Å²) < 4.78 is 5.32. The van der Waals surface area contributed by atoms with Gasteiger partial charge in [-0.1, -0.05) is 0 Å². The maximum atomic E-state index is 5.32. The van der Waals surface area contributed by atoms with Crippen LogP contribution in [-0.2, 0) is 4.74 Å². The number of methoxy groups -OCH3 is 1. The van der Waals surface area contributed by atoms with Gasteiger partial charge in [0.05, 0.1) is 5.60 Å². The summed E-state index contributed by atoms with van der Waals surface area (Å²) in [5.41, 5.74) is 0.0762. The van der Waals surface area contributed by atoms with E-state index < -0.39 is 0 Å². The van der Waals surface area contributed by atoms with Crippen LogP contribution in [0.3, 0.4) is 0 Å². The van der Waals surface area contributed by atoms with Crippen LogP contribution in [0, 0.1) is 5.92 Å².